The molecule has 3 N–H and O–H groups in total. The van der Waals surface area contributed by atoms with Crippen molar-refractivity contribution in [3.8, 4) is 11.5 Å². The second-order valence-corrected chi connectivity index (χ2v) is 4.88. The fourth-order valence-electron chi connectivity index (χ4n) is 1.94. The van der Waals surface area contributed by atoms with E-state index >= 15 is 0 Å². The highest BCUT2D eigenvalue weighted by atomic mass is 35.5. The summed E-state index contributed by atoms with van der Waals surface area (Å²) in [6.07, 6.45) is 2.59. The van der Waals surface area contributed by atoms with Crippen molar-refractivity contribution in [2.24, 2.45) is 5.73 Å². The van der Waals surface area contributed by atoms with Crippen LogP contribution in [0.15, 0.2) is 23.8 Å². The van der Waals surface area contributed by atoms with Crippen molar-refractivity contribution < 1.29 is 14.3 Å². The lowest BCUT2D eigenvalue weighted by Gasteiger charge is -2.18. The fourth-order valence-corrected chi connectivity index (χ4v) is 1.94. The summed E-state index contributed by atoms with van der Waals surface area (Å²) >= 11 is 0. The van der Waals surface area contributed by atoms with Gasteiger partial charge in [0, 0.05) is 18.2 Å². The molecule has 0 saturated carbocycles. The number of methoxy groups -OCH3 is 1. The zero-order valence-electron chi connectivity index (χ0n) is 12.2. The van der Waals surface area contributed by atoms with E-state index in [0.717, 1.165) is 23.5 Å². The Bertz CT molecular complexity index is 530. The van der Waals surface area contributed by atoms with Gasteiger partial charge < -0.3 is 20.5 Å². The van der Waals surface area contributed by atoms with Crippen molar-refractivity contribution in [2.75, 3.05) is 20.3 Å². The standard InChI is InChI=1S/C15H20N2O3.ClH/c1-10(16)5-6-17-15(18)12-7-11-8-13(19-2)3-4-14(11)20-9-12;/h3-4,7-8,10H,5-6,9,16H2,1-2H3,(H,17,18);1H. The van der Waals surface area contributed by atoms with Gasteiger partial charge in [0.1, 0.15) is 18.1 Å². The highest BCUT2D eigenvalue weighted by Gasteiger charge is 2.17. The van der Waals surface area contributed by atoms with Crippen molar-refractivity contribution in [1.29, 1.82) is 0 Å². The Balaban J connectivity index is 0.00000220. The Morgan fingerprint density at radius 3 is 2.95 bits per heavy atom. The monoisotopic (exact) mass is 312 g/mol. The van der Waals surface area contributed by atoms with Crippen molar-refractivity contribution in [1.82, 2.24) is 5.32 Å². The van der Waals surface area contributed by atoms with Gasteiger partial charge in [-0.05, 0) is 37.6 Å². The SMILES string of the molecule is COc1ccc2c(c1)C=C(C(=O)NCCC(C)N)CO2.Cl. The van der Waals surface area contributed by atoms with E-state index in [4.69, 9.17) is 15.2 Å². The van der Waals surface area contributed by atoms with E-state index in [2.05, 4.69) is 5.32 Å². The Hall–Kier alpha value is -1.72. The number of benzene rings is 1. The maximum Gasteiger partial charge on any atom is 0.250 e. The fraction of sp³-hybridized carbons (Fsp3) is 0.400. The topological polar surface area (TPSA) is 73.6 Å². The molecule has 1 amide bonds. The minimum atomic E-state index is -0.112. The molecule has 0 bridgehead atoms. The highest BCUT2D eigenvalue weighted by molar-refractivity contribution is 5.99. The number of ether oxygens (including phenoxy) is 2. The summed E-state index contributed by atoms with van der Waals surface area (Å²) in [5.74, 6) is 1.39. The molecule has 1 unspecified atom stereocenters. The summed E-state index contributed by atoms with van der Waals surface area (Å²) in [7, 11) is 1.61. The maximum absolute atomic E-state index is 12.0. The zero-order valence-corrected chi connectivity index (χ0v) is 13.0. The van der Waals surface area contributed by atoms with Crippen LogP contribution in [0.2, 0.25) is 0 Å². The number of nitrogens with one attached hydrogen (secondary N) is 1. The van der Waals surface area contributed by atoms with Gasteiger partial charge in [-0.25, -0.2) is 0 Å². The number of carbonyl (C=O) groups excluding carboxylic acids is 1. The van der Waals surface area contributed by atoms with Crippen LogP contribution in [0.1, 0.15) is 18.9 Å². The molecule has 5 nitrogen and oxygen atoms in total. The molecule has 0 radical (unpaired) electrons. The number of carbonyl (C=O) groups is 1. The third-order valence-electron chi connectivity index (χ3n) is 3.11. The van der Waals surface area contributed by atoms with Crippen LogP contribution in [0.3, 0.4) is 0 Å². The first-order valence-electron chi connectivity index (χ1n) is 6.65. The van der Waals surface area contributed by atoms with E-state index in [1.165, 1.54) is 0 Å². The summed E-state index contributed by atoms with van der Waals surface area (Å²) in [5, 5.41) is 2.84. The molecule has 0 aliphatic carbocycles. The van der Waals surface area contributed by atoms with E-state index in [1.807, 2.05) is 31.2 Å². The molecule has 1 atom stereocenters. The molecule has 1 aromatic carbocycles. The lowest BCUT2D eigenvalue weighted by molar-refractivity contribution is -0.117. The van der Waals surface area contributed by atoms with Crippen molar-refractivity contribution >= 4 is 24.4 Å². The van der Waals surface area contributed by atoms with Gasteiger partial charge in [0.15, 0.2) is 0 Å². The average Bonchev–Trinajstić information content (AvgIpc) is 2.45. The van der Waals surface area contributed by atoms with Crippen LogP contribution >= 0.6 is 12.4 Å². The second-order valence-electron chi connectivity index (χ2n) is 4.88. The molecular weight excluding hydrogens is 292 g/mol. The lowest BCUT2D eigenvalue weighted by atomic mass is 10.1. The number of hydrogen-bond acceptors (Lipinski definition) is 4. The zero-order chi connectivity index (χ0) is 14.5. The number of fused-ring (bicyclic) bond motifs is 1. The van der Waals surface area contributed by atoms with E-state index in [1.54, 1.807) is 7.11 Å². The molecular formula is C15H21ClN2O3. The van der Waals surface area contributed by atoms with Crippen LogP contribution in [0.4, 0.5) is 0 Å². The molecule has 1 aromatic rings. The number of halogens is 1. The minimum absolute atomic E-state index is 0. The quantitative estimate of drug-likeness (QED) is 0.868. The third kappa shape index (κ3) is 4.65. The van der Waals surface area contributed by atoms with Gasteiger partial charge >= 0.3 is 0 Å². The van der Waals surface area contributed by atoms with Gasteiger partial charge in [0.05, 0.1) is 12.7 Å². The minimum Gasteiger partial charge on any atom is -0.497 e. The van der Waals surface area contributed by atoms with Crippen LogP contribution < -0.4 is 20.5 Å². The van der Waals surface area contributed by atoms with Crippen molar-refractivity contribution in [3.63, 3.8) is 0 Å². The van der Waals surface area contributed by atoms with Gasteiger partial charge in [-0.2, -0.15) is 0 Å². The van der Waals surface area contributed by atoms with E-state index in [-0.39, 0.29) is 31.0 Å². The molecule has 1 aliphatic rings. The summed E-state index contributed by atoms with van der Waals surface area (Å²) < 4.78 is 10.7. The van der Waals surface area contributed by atoms with Gasteiger partial charge in [-0.15, -0.1) is 12.4 Å². The first kappa shape index (κ1) is 17.3. The molecule has 6 heteroatoms. The summed E-state index contributed by atoms with van der Waals surface area (Å²) in [4.78, 5) is 12.0. The summed E-state index contributed by atoms with van der Waals surface area (Å²) in [5.41, 5.74) is 7.11. The van der Waals surface area contributed by atoms with E-state index in [0.29, 0.717) is 12.1 Å². The molecule has 1 aliphatic heterocycles. The van der Waals surface area contributed by atoms with Crippen LogP contribution in [0, 0.1) is 0 Å². The Kier molecular flexibility index (Phi) is 6.52. The predicted molar refractivity (Wildman–Crippen MR) is 85.0 cm³/mol. The van der Waals surface area contributed by atoms with Gasteiger partial charge in [0.2, 0.25) is 0 Å². The number of nitrogens with two attached hydrogens (primary N) is 1. The van der Waals surface area contributed by atoms with Crippen LogP contribution in [0.25, 0.3) is 6.08 Å². The lowest BCUT2D eigenvalue weighted by Crippen LogP contribution is -2.32. The number of rotatable bonds is 5. The first-order valence-corrected chi connectivity index (χ1v) is 6.65. The molecule has 0 spiro atoms. The largest absolute Gasteiger partial charge is 0.497 e. The van der Waals surface area contributed by atoms with Gasteiger partial charge in [0.25, 0.3) is 5.91 Å². The summed E-state index contributed by atoms with van der Waals surface area (Å²) in [6, 6.07) is 5.61. The molecule has 1 heterocycles. The third-order valence-corrected chi connectivity index (χ3v) is 3.11. The van der Waals surface area contributed by atoms with E-state index in [9.17, 15) is 4.79 Å². The highest BCUT2D eigenvalue weighted by Crippen LogP contribution is 2.29. The molecule has 0 aromatic heterocycles. The second kappa shape index (κ2) is 7.90. The smallest absolute Gasteiger partial charge is 0.250 e. The van der Waals surface area contributed by atoms with E-state index < -0.39 is 0 Å². The summed E-state index contributed by atoms with van der Waals surface area (Å²) in [6.45, 7) is 2.76. The van der Waals surface area contributed by atoms with Crippen LogP contribution in [0.5, 0.6) is 11.5 Å². The molecule has 0 fully saturated rings. The number of hydrogen-bond donors (Lipinski definition) is 2. The predicted octanol–water partition coefficient (Wildman–Crippen LogP) is 1.75. The normalized spacial score (nSPS) is 14.0. The average molecular weight is 313 g/mol. The first-order chi connectivity index (χ1) is 9.60. The molecule has 116 valence electrons. The van der Waals surface area contributed by atoms with Crippen LogP contribution in [-0.4, -0.2) is 32.2 Å². The Morgan fingerprint density at radius 1 is 1.52 bits per heavy atom. The maximum atomic E-state index is 12.0. The molecule has 21 heavy (non-hydrogen) atoms. The molecule has 0 saturated heterocycles. The Morgan fingerprint density at radius 2 is 2.29 bits per heavy atom. The van der Waals surface area contributed by atoms with Crippen molar-refractivity contribution in [2.45, 2.75) is 19.4 Å². The van der Waals surface area contributed by atoms with Gasteiger partial charge in [-0.1, -0.05) is 0 Å². The Labute approximate surface area is 130 Å². The number of amides is 1. The van der Waals surface area contributed by atoms with Crippen molar-refractivity contribution in [3.05, 3.63) is 29.3 Å². The van der Waals surface area contributed by atoms with Gasteiger partial charge in [-0.3, -0.25) is 4.79 Å². The molecule has 2 rings (SSSR count). The van der Waals surface area contributed by atoms with Crippen LogP contribution in [-0.2, 0) is 4.79 Å².